The van der Waals surface area contributed by atoms with Gasteiger partial charge in [-0.2, -0.15) is 8.42 Å². The van der Waals surface area contributed by atoms with E-state index in [-0.39, 0.29) is 55.8 Å². The summed E-state index contributed by atoms with van der Waals surface area (Å²) in [5.74, 6) is -2.35. The van der Waals surface area contributed by atoms with Crippen molar-refractivity contribution in [3.63, 3.8) is 0 Å². The second-order valence-corrected chi connectivity index (χ2v) is 16.4. The summed E-state index contributed by atoms with van der Waals surface area (Å²) >= 11 is 0. The number of nitrogens with zero attached hydrogens (tertiary/aromatic N) is 1. The van der Waals surface area contributed by atoms with Gasteiger partial charge in [0.15, 0.2) is 16.8 Å². The number of carbonyl (C=O) groups is 6. The summed E-state index contributed by atoms with van der Waals surface area (Å²) in [6, 6.07) is 4.97. The van der Waals surface area contributed by atoms with Crippen LogP contribution in [0.25, 0.3) is 0 Å². The Hall–Kier alpha value is -5.77. The van der Waals surface area contributed by atoms with E-state index in [2.05, 4.69) is 24.8 Å². The van der Waals surface area contributed by atoms with E-state index >= 15 is 0 Å². The average molecular weight is 917 g/mol. The number of unbranched alkanes of at least 4 members (excludes halogenated alkanes) is 2. The van der Waals surface area contributed by atoms with E-state index < -0.39 is 62.8 Å². The van der Waals surface area contributed by atoms with Crippen LogP contribution in [0.2, 0.25) is 0 Å². The minimum atomic E-state index is -3.36. The first-order valence-corrected chi connectivity index (χ1v) is 22.0. The maximum atomic E-state index is 12.0. The minimum absolute atomic E-state index is 0.0287. The van der Waals surface area contributed by atoms with E-state index in [1.807, 2.05) is 0 Å². The molecule has 2 aromatic heterocycles. The second-order valence-electron chi connectivity index (χ2n) is 14.7. The zero-order valence-electron chi connectivity index (χ0n) is 38.1. The number of carbonyl (C=O) groups excluding carboxylic acids is 6. The molecule has 22 heteroatoms. The Morgan fingerprint density at radius 2 is 0.984 bits per heavy atom. The molecule has 0 aliphatic heterocycles. The monoisotopic (exact) mass is 916 g/mol. The first-order valence-electron chi connectivity index (χ1n) is 20.2. The van der Waals surface area contributed by atoms with Gasteiger partial charge in [0.25, 0.3) is 10.1 Å². The first-order chi connectivity index (χ1) is 29.3. The fourth-order valence-electron chi connectivity index (χ4n) is 4.25. The van der Waals surface area contributed by atoms with Crippen LogP contribution in [0.5, 0.6) is 5.75 Å². The Labute approximate surface area is 368 Å². The topological polar surface area (TPSA) is 280 Å². The SMILES string of the molecule is CC(C)(C)OC(=O)NCCCCOS(C)(=O)=O.CCOC(=O)c1cc(=O)cc(C(=O)OCC)[nH]1.CCOC(=O)c1cc(OCCCCNC(=O)OC(C)(C)C)cc(C(=O)OCC)n1. The fourth-order valence-corrected chi connectivity index (χ4v) is 4.67. The summed E-state index contributed by atoms with van der Waals surface area (Å²) in [4.78, 5) is 87.2. The number of H-pyrrole nitrogens is 1. The molecule has 0 saturated heterocycles. The number of alkyl carbamates (subject to hydrolysis) is 2. The van der Waals surface area contributed by atoms with Crippen molar-refractivity contribution in [1.82, 2.24) is 20.6 Å². The lowest BCUT2D eigenvalue weighted by molar-refractivity contribution is 0.0492. The number of hydrogen-bond acceptors (Lipinski definition) is 18. The Kier molecular flexibility index (Phi) is 26.8. The number of rotatable bonds is 20. The number of esters is 4. The molecule has 3 N–H and O–H groups in total. The first kappa shape index (κ1) is 57.2. The van der Waals surface area contributed by atoms with Crippen molar-refractivity contribution in [2.75, 3.05) is 59.0 Å². The number of nitrogens with one attached hydrogen (secondary N) is 3. The molecule has 2 aromatic rings. The maximum absolute atomic E-state index is 12.0. The van der Waals surface area contributed by atoms with Crippen LogP contribution in [0.15, 0.2) is 29.1 Å². The molecule has 2 rings (SSSR count). The molecule has 0 bridgehead atoms. The molecule has 356 valence electrons. The third kappa shape index (κ3) is 29.2. The van der Waals surface area contributed by atoms with Crippen LogP contribution in [0, 0.1) is 0 Å². The van der Waals surface area contributed by atoms with Gasteiger partial charge >= 0.3 is 36.1 Å². The van der Waals surface area contributed by atoms with Gasteiger partial charge in [-0.3, -0.25) is 8.98 Å². The number of aromatic nitrogens is 2. The van der Waals surface area contributed by atoms with Gasteiger partial charge in [-0.05, 0) is 94.9 Å². The van der Waals surface area contributed by atoms with Crippen molar-refractivity contribution in [1.29, 1.82) is 0 Å². The summed E-state index contributed by atoms with van der Waals surface area (Å²) in [7, 11) is -3.36. The van der Waals surface area contributed by atoms with Crippen molar-refractivity contribution >= 4 is 46.2 Å². The van der Waals surface area contributed by atoms with Gasteiger partial charge in [0.1, 0.15) is 28.3 Å². The highest BCUT2D eigenvalue weighted by Crippen LogP contribution is 2.17. The van der Waals surface area contributed by atoms with Gasteiger partial charge in [0, 0.05) is 37.4 Å². The standard InChI is InChI=1S/C20H30N2O7.C11H13NO5.C10H21NO5S/c1-6-26-17(23)15-12-14(13-16(22-15)18(24)27-7-2)28-11-9-8-10-21-19(25)29-20(3,4)5;1-3-16-10(14)8-5-7(13)6-9(12-8)11(15)17-4-2;1-10(2,3)16-9(12)11-7-5-6-8-15-17(4,13)14/h12-13H,6-11H2,1-5H3,(H,21,25);5-6H,3-4H2,1-2H3,(H,12,13);5-8H2,1-4H3,(H,11,12). The van der Waals surface area contributed by atoms with Crippen LogP contribution in [0.4, 0.5) is 9.59 Å². The molecule has 63 heavy (non-hydrogen) atoms. The zero-order valence-corrected chi connectivity index (χ0v) is 38.9. The highest BCUT2D eigenvalue weighted by molar-refractivity contribution is 7.85. The summed E-state index contributed by atoms with van der Waals surface area (Å²) in [6.07, 6.45) is 2.57. The highest BCUT2D eigenvalue weighted by Gasteiger charge is 2.19. The molecule has 0 aliphatic rings. The average Bonchev–Trinajstić information content (AvgIpc) is 3.16. The predicted molar refractivity (Wildman–Crippen MR) is 228 cm³/mol. The van der Waals surface area contributed by atoms with Crippen molar-refractivity contribution in [2.24, 2.45) is 0 Å². The molecule has 0 unspecified atom stereocenters. The molecular weight excluding hydrogens is 853 g/mol. The lowest BCUT2D eigenvalue weighted by Gasteiger charge is -2.19. The largest absolute Gasteiger partial charge is 0.493 e. The lowest BCUT2D eigenvalue weighted by Crippen LogP contribution is -2.33. The summed E-state index contributed by atoms with van der Waals surface area (Å²) in [5.41, 5.74) is -1.71. The number of hydrogen-bond donors (Lipinski definition) is 3. The van der Waals surface area contributed by atoms with E-state index in [9.17, 15) is 42.0 Å². The van der Waals surface area contributed by atoms with E-state index in [1.54, 1.807) is 69.2 Å². The third-order valence-electron chi connectivity index (χ3n) is 6.65. The molecule has 2 heterocycles. The Morgan fingerprint density at radius 1 is 0.603 bits per heavy atom. The number of amides is 2. The molecule has 0 fully saturated rings. The molecule has 0 spiro atoms. The van der Waals surface area contributed by atoms with Crippen molar-refractivity contribution in [3.05, 3.63) is 57.3 Å². The number of pyridine rings is 2. The maximum Gasteiger partial charge on any atom is 0.407 e. The molecule has 2 amide bonds. The number of ether oxygens (including phenoxy) is 7. The zero-order chi connectivity index (χ0) is 48.2. The van der Waals surface area contributed by atoms with E-state index in [4.69, 9.17) is 33.2 Å². The quantitative estimate of drug-likeness (QED) is 0.0673. The number of aromatic amines is 1. The van der Waals surface area contributed by atoms with Crippen LogP contribution >= 0.6 is 0 Å². The summed E-state index contributed by atoms with van der Waals surface area (Å²) < 4.78 is 60.9. The summed E-state index contributed by atoms with van der Waals surface area (Å²) in [5, 5.41) is 5.24. The Morgan fingerprint density at radius 3 is 1.35 bits per heavy atom. The summed E-state index contributed by atoms with van der Waals surface area (Å²) in [6.45, 7) is 19.5. The Bertz CT molecular complexity index is 1860. The van der Waals surface area contributed by atoms with Crippen molar-refractivity contribution < 1.29 is 74.5 Å². The van der Waals surface area contributed by atoms with Crippen LogP contribution in [-0.4, -0.2) is 125 Å². The third-order valence-corrected chi connectivity index (χ3v) is 7.24. The van der Waals surface area contributed by atoms with Gasteiger partial charge < -0.3 is 48.8 Å². The normalized spacial score (nSPS) is 10.9. The molecule has 0 aromatic carbocycles. The smallest absolute Gasteiger partial charge is 0.407 e. The van der Waals surface area contributed by atoms with Gasteiger partial charge in [-0.15, -0.1) is 0 Å². The molecular formula is C41H64N4O17S. The second kappa shape index (κ2) is 29.5. The molecule has 0 radical (unpaired) electrons. The van der Waals surface area contributed by atoms with E-state index in [1.165, 1.54) is 12.1 Å². The molecule has 0 aliphatic carbocycles. The fraction of sp³-hybridized carbons (Fsp3) is 0.610. The van der Waals surface area contributed by atoms with Crippen LogP contribution in [0.3, 0.4) is 0 Å². The lowest BCUT2D eigenvalue weighted by atomic mass is 10.2. The van der Waals surface area contributed by atoms with Crippen LogP contribution in [-0.2, 0) is 42.7 Å². The van der Waals surface area contributed by atoms with Gasteiger partial charge in [-0.25, -0.2) is 33.8 Å². The molecule has 0 atom stereocenters. The van der Waals surface area contributed by atoms with Crippen LogP contribution < -0.4 is 20.8 Å². The minimum Gasteiger partial charge on any atom is -0.493 e. The van der Waals surface area contributed by atoms with Gasteiger partial charge in [0.05, 0.1) is 45.9 Å². The Balaban J connectivity index is 0.000000974. The van der Waals surface area contributed by atoms with Gasteiger partial charge in [-0.1, -0.05) is 0 Å². The van der Waals surface area contributed by atoms with Crippen molar-refractivity contribution in [3.8, 4) is 5.75 Å². The predicted octanol–water partition coefficient (Wildman–Crippen LogP) is 5.11. The van der Waals surface area contributed by atoms with E-state index in [0.29, 0.717) is 51.1 Å². The van der Waals surface area contributed by atoms with E-state index in [0.717, 1.165) is 18.4 Å². The van der Waals surface area contributed by atoms with Crippen LogP contribution in [0.1, 0.15) is 137 Å². The van der Waals surface area contributed by atoms with Gasteiger partial charge in [0.2, 0.25) is 0 Å². The van der Waals surface area contributed by atoms with Crippen molar-refractivity contribution in [2.45, 2.75) is 106 Å². The highest BCUT2D eigenvalue weighted by atomic mass is 32.2. The molecule has 21 nitrogen and oxygen atoms in total. The molecule has 0 saturated carbocycles.